The van der Waals surface area contributed by atoms with Crippen LogP contribution in [0.2, 0.25) is 0 Å². The lowest BCUT2D eigenvalue weighted by Gasteiger charge is -2.15. The monoisotopic (exact) mass is 321 g/mol. The molecule has 122 valence electrons. The molecule has 1 saturated heterocycles. The molecule has 1 aliphatic heterocycles. The number of rotatable bonds is 7. The number of aryl methyl sites for hydroxylation is 1. The van der Waals surface area contributed by atoms with Crippen LogP contribution in [0, 0.1) is 6.92 Å². The molecule has 2 N–H and O–H groups in total. The fourth-order valence-electron chi connectivity index (χ4n) is 2.42. The number of thioether (sulfide) groups is 1. The minimum Gasteiger partial charge on any atom is -0.493 e. The van der Waals surface area contributed by atoms with E-state index in [4.69, 9.17) is 4.74 Å². The summed E-state index contributed by atoms with van der Waals surface area (Å²) in [6, 6.07) is 8.12. The molecule has 5 heteroatoms. The van der Waals surface area contributed by atoms with Crippen molar-refractivity contribution in [2.45, 2.75) is 31.4 Å². The van der Waals surface area contributed by atoms with Crippen LogP contribution in [0.25, 0.3) is 0 Å². The van der Waals surface area contributed by atoms with Gasteiger partial charge in [-0.3, -0.25) is 4.99 Å². The molecule has 1 unspecified atom stereocenters. The van der Waals surface area contributed by atoms with Crippen molar-refractivity contribution in [1.29, 1.82) is 0 Å². The summed E-state index contributed by atoms with van der Waals surface area (Å²) in [5.41, 5.74) is 1.18. The summed E-state index contributed by atoms with van der Waals surface area (Å²) in [6.45, 7) is 4.65. The predicted molar refractivity (Wildman–Crippen MR) is 96.1 cm³/mol. The first-order chi connectivity index (χ1) is 10.8. The zero-order valence-electron chi connectivity index (χ0n) is 13.6. The third kappa shape index (κ3) is 5.79. The van der Waals surface area contributed by atoms with Gasteiger partial charge in [-0.25, -0.2) is 0 Å². The number of benzene rings is 1. The largest absolute Gasteiger partial charge is 0.493 e. The first-order valence-electron chi connectivity index (χ1n) is 8.04. The van der Waals surface area contributed by atoms with Crippen molar-refractivity contribution in [2.24, 2.45) is 4.99 Å². The van der Waals surface area contributed by atoms with Crippen molar-refractivity contribution in [1.82, 2.24) is 10.6 Å². The normalized spacial score (nSPS) is 18.3. The third-order valence-electron chi connectivity index (χ3n) is 3.71. The molecule has 1 aliphatic rings. The molecule has 1 heterocycles. The van der Waals surface area contributed by atoms with Crippen LogP contribution < -0.4 is 15.4 Å². The second-order valence-electron chi connectivity index (χ2n) is 5.48. The lowest BCUT2D eigenvalue weighted by atomic mass is 10.2. The second kappa shape index (κ2) is 9.62. The van der Waals surface area contributed by atoms with Crippen molar-refractivity contribution in [2.75, 3.05) is 32.5 Å². The minimum absolute atomic E-state index is 0.716. The third-order valence-corrected chi connectivity index (χ3v) is 5.11. The van der Waals surface area contributed by atoms with Gasteiger partial charge >= 0.3 is 0 Å². The van der Waals surface area contributed by atoms with Crippen LogP contribution in [0.5, 0.6) is 5.75 Å². The van der Waals surface area contributed by atoms with Crippen molar-refractivity contribution < 1.29 is 4.74 Å². The fraction of sp³-hybridized carbons (Fsp3) is 0.588. The quantitative estimate of drug-likeness (QED) is 0.460. The van der Waals surface area contributed by atoms with Gasteiger partial charge in [-0.05, 0) is 43.6 Å². The molecule has 0 amide bonds. The summed E-state index contributed by atoms with van der Waals surface area (Å²) in [5.74, 6) is 3.17. The number of nitrogens with one attached hydrogen (secondary N) is 2. The molecule has 1 fully saturated rings. The summed E-state index contributed by atoms with van der Waals surface area (Å²) < 4.78 is 5.79. The minimum atomic E-state index is 0.716. The lowest BCUT2D eigenvalue weighted by Crippen LogP contribution is -2.40. The topological polar surface area (TPSA) is 45.7 Å². The van der Waals surface area contributed by atoms with Crippen LogP contribution in [0.15, 0.2) is 29.3 Å². The Labute approximate surface area is 138 Å². The number of guanidine groups is 1. The Morgan fingerprint density at radius 3 is 2.95 bits per heavy atom. The maximum atomic E-state index is 5.79. The van der Waals surface area contributed by atoms with E-state index in [1.54, 1.807) is 0 Å². The van der Waals surface area contributed by atoms with E-state index >= 15 is 0 Å². The highest BCUT2D eigenvalue weighted by Gasteiger charge is 2.15. The number of hydrogen-bond donors (Lipinski definition) is 2. The number of ether oxygens (including phenoxy) is 1. The van der Waals surface area contributed by atoms with E-state index in [-0.39, 0.29) is 0 Å². The molecule has 1 aromatic carbocycles. The van der Waals surface area contributed by atoms with E-state index < -0.39 is 0 Å². The molecular formula is C17H27N3OS. The highest BCUT2D eigenvalue weighted by atomic mass is 32.2. The summed E-state index contributed by atoms with van der Waals surface area (Å²) in [4.78, 5) is 4.26. The molecule has 1 atom stereocenters. The summed E-state index contributed by atoms with van der Waals surface area (Å²) in [7, 11) is 1.82. The molecule has 4 nitrogen and oxygen atoms in total. The van der Waals surface area contributed by atoms with Gasteiger partial charge in [0.25, 0.3) is 0 Å². The van der Waals surface area contributed by atoms with Crippen LogP contribution >= 0.6 is 11.8 Å². The Kier molecular flexibility index (Phi) is 7.43. The van der Waals surface area contributed by atoms with Crippen molar-refractivity contribution in [3.8, 4) is 5.75 Å². The maximum absolute atomic E-state index is 5.79. The van der Waals surface area contributed by atoms with E-state index in [1.807, 2.05) is 25.2 Å². The molecule has 1 aromatic rings. The van der Waals surface area contributed by atoms with E-state index in [1.165, 1.54) is 24.2 Å². The number of para-hydroxylation sites is 1. The second-order valence-corrected chi connectivity index (χ2v) is 6.89. The standard InChI is InChI=1S/C17H27N3OS/c1-14-7-3-4-9-16(14)21-11-6-10-19-17(18-2)20-13-15-8-5-12-22-15/h3-4,7,9,15H,5-6,8,10-13H2,1-2H3,(H2,18,19,20). The predicted octanol–water partition coefficient (Wildman–Crippen LogP) is 2.82. The Balaban J connectivity index is 1.57. The zero-order chi connectivity index (χ0) is 15.6. The summed E-state index contributed by atoms with van der Waals surface area (Å²) >= 11 is 2.06. The first-order valence-corrected chi connectivity index (χ1v) is 9.09. The van der Waals surface area contributed by atoms with Gasteiger partial charge in [0.1, 0.15) is 5.75 Å². The lowest BCUT2D eigenvalue weighted by molar-refractivity contribution is 0.309. The highest BCUT2D eigenvalue weighted by Crippen LogP contribution is 2.25. The molecule has 0 spiro atoms. The molecule has 2 rings (SSSR count). The van der Waals surface area contributed by atoms with E-state index in [0.29, 0.717) is 6.61 Å². The molecule has 0 saturated carbocycles. The molecule has 0 aliphatic carbocycles. The van der Waals surface area contributed by atoms with Crippen molar-refractivity contribution in [3.63, 3.8) is 0 Å². The van der Waals surface area contributed by atoms with Crippen molar-refractivity contribution in [3.05, 3.63) is 29.8 Å². The van der Waals surface area contributed by atoms with Gasteiger partial charge in [-0.1, -0.05) is 18.2 Å². The van der Waals surface area contributed by atoms with E-state index in [0.717, 1.165) is 36.5 Å². The summed E-state index contributed by atoms with van der Waals surface area (Å²) in [6.07, 6.45) is 3.62. The maximum Gasteiger partial charge on any atom is 0.191 e. The molecule has 22 heavy (non-hydrogen) atoms. The Morgan fingerprint density at radius 1 is 1.36 bits per heavy atom. The van der Waals surface area contributed by atoms with Gasteiger partial charge in [0.2, 0.25) is 0 Å². The first kappa shape index (κ1) is 17.0. The fourth-order valence-corrected chi connectivity index (χ4v) is 3.62. The van der Waals surface area contributed by atoms with Gasteiger partial charge in [0.15, 0.2) is 5.96 Å². The average molecular weight is 321 g/mol. The molecule has 0 aromatic heterocycles. The molecule has 0 radical (unpaired) electrons. The van der Waals surface area contributed by atoms with Crippen molar-refractivity contribution >= 4 is 17.7 Å². The van der Waals surface area contributed by atoms with E-state index in [9.17, 15) is 0 Å². The van der Waals surface area contributed by atoms with Crippen LogP contribution in [0.4, 0.5) is 0 Å². The van der Waals surface area contributed by atoms with Crippen LogP contribution in [0.1, 0.15) is 24.8 Å². The van der Waals surface area contributed by atoms with Gasteiger partial charge in [-0.2, -0.15) is 11.8 Å². The molecule has 0 bridgehead atoms. The van der Waals surface area contributed by atoms with Gasteiger partial charge in [0.05, 0.1) is 6.61 Å². The SMILES string of the molecule is CN=C(NCCCOc1ccccc1C)NCC1CCCS1. The number of nitrogens with zero attached hydrogens (tertiary/aromatic N) is 1. The molecular weight excluding hydrogens is 294 g/mol. The van der Waals surface area contributed by atoms with E-state index in [2.05, 4.69) is 40.4 Å². The number of hydrogen-bond acceptors (Lipinski definition) is 3. The van der Waals surface area contributed by atoms with Gasteiger partial charge in [-0.15, -0.1) is 0 Å². The van der Waals surface area contributed by atoms with Crippen LogP contribution in [0.3, 0.4) is 0 Å². The van der Waals surface area contributed by atoms with Crippen LogP contribution in [-0.4, -0.2) is 43.7 Å². The highest BCUT2D eigenvalue weighted by molar-refractivity contribution is 8.00. The smallest absolute Gasteiger partial charge is 0.191 e. The number of aliphatic imine (C=N–C) groups is 1. The van der Waals surface area contributed by atoms with Gasteiger partial charge < -0.3 is 15.4 Å². The summed E-state index contributed by atoms with van der Waals surface area (Å²) in [5, 5.41) is 7.49. The van der Waals surface area contributed by atoms with Crippen LogP contribution in [-0.2, 0) is 0 Å². The van der Waals surface area contributed by atoms with Gasteiger partial charge in [0, 0.05) is 25.4 Å². The zero-order valence-corrected chi connectivity index (χ0v) is 14.4. The average Bonchev–Trinajstić information content (AvgIpc) is 3.05. The Hall–Kier alpha value is -1.36. The Morgan fingerprint density at radius 2 is 2.23 bits per heavy atom. The Bertz CT molecular complexity index is 473.